The fourth-order valence-electron chi connectivity index (χ4n) is 4.03. The third-order valence-electron chi connectivity index (χ3n) is 5.78. The summed E-state index contributed by atoms with van der Waals surface area (Å²) in [5.74, 6) is 1.05. The lowest BCUT2D eigenvalue weighted by Crippen LogP contribution is -2.12. The Bertz CT molecular complexity index is 1190. The second-order valence-electron chi connectivity index (χ2n) is 8.42. The first-order valence-electron chi connectivity index (χ1n) is 10.5. The molecule has 1 aromatic heterocycles. The SMILES string of the molecule is COCCOc1ccc(Cl)cc1Nc1nccc(-c2cc(C#N)c3c(c2)C(C)(C)CC3)n1. The molecular weight excluding hydrogens is 424 g/mol. The summed E-state index contributed by atoms with van der Waals surface area (Å²) in [6, 6.07) is 13.6. The highest BCUT2D eigenvalue weighted by Crippen LogP contribution is 2.42. The van der Waals surface area contributed by atoms with Crippen LogP contribution in [0.15, 0.2) is 42.6 Å². The number of aromatic nitrogens is 2. The molecule has 0 amide bonds. The molecule has 1 aliphatic rings. The molecule has 6 nitrogen and oxygen atoms in total. The van der Waals surface area contributed by atoms with Crippen molar-refractivity contribution in [3.8, 4) is 23.1 Å². The van der Waals surface area contributed by atoms with Gasteiger partial charge in [0.15, 0.2) is 0 Å². The van der Waals surface area contributed by atoms with E-state index in [1.165, 1.54) is 5.56 Å². The van der Waals surface area contributed by atoms with Crippen LogP contribution < -0.4 is 10.1 Å². The van der Waals surface area contributed by atoms with Gasteiger partial charge in [0.25, 0.3) is 0 Å². The lowest BCUT2D eigenvalue weighted by Gasteiger charge is -2.20. The van der Waals surface area contributed by atoms with Gasteiger partial charge in [-0.15, -0.1) is 0 Å². The molecular formula is C25H25ClN4O2. The third kappa shape index (κ3) is 4.55. The minimum absolute atomic E-state index is 0.0419. The van der Waals surface area contributed by atoms with Crippen LogP contribution in [0.2, 0.25) is 5.02 Å². The number of anilines is 2. The molecule has 1 aliphatic carbocycles. The van der Waals surface area contributed by atoms with E-state index in [0.29, 0.717) is 35.6 Å². The second-order valence-corrected chi connectivity index (χ2v) is 8.85. The molecule has 1 N–H and O–H groups in total. The highest BCUT2D eigenvalue weighted by Gasteiger charge is 2.32. The number of methoxy groups -OCH3 is 1. The van der Waals surface area contributed by atoms with Crippen molar-refractivity contribution in [1.29, 1.82) is 5.26 Å². The van der Waals surface area contributed by atoms with Crippen LogP contribution in [-0.2, 0) is 16.6 Å². The van der Waals surface area contributed by atoms with Gasteiger partial charge in [0.1, 0.15) is 12.4 Å². The zero-order valence-electron chi connectivity index (χ0n) is 18.4. The maximum Gasteiger partial charge on any atom is 0.227 e. The zero-order chi connectivity index (χ0) is 22.7. The standard InChI is InChI=1S/C25H25ClN4O2/c1-25(2)8-6-19-17(15-27)12-16(13-20(19)25)21-7-9-28-24(29-21)30-22-14-18(26)4-5-23(22)32-11-10-31-3/h4-5,7,9,12-14H,6,8,10-11H2,1-3H3,(H,28,29,30). The fourth-order valence-corrected chi connectivity index (χ4v) is 4.20. The molecule has 0 fully saturated rings. The molecule has 7 heteroatoms. The number of halogens is 1. The van der Waals surface area contributed by atoms with Crippen molar-refractivity contribution in [2.24, 2.45) is 0 Å². The average Bonchev–Trinajstić information content (AvgIpc) is 3.09. The number of fused-ring (bicyclic) bond motifs is 1. The Kier molecular flexibility index (Phi) is 6.31. The van der Waals surface area contributed by atoms with E-state index in [2.05, 4.69) is 36.3 Å². The molecule has 2 aromatic carbocycles. The first-order chi connectivity index (χ1) is 15.4. The van der Waals surface area contributed by atoms with Gasteiger partial charge in [-0.2, -0.15) is 5.26 Å². The van der Waals surface area contributed by atoms with Crippen LogP contribution >= 0.6 is 11.6 Å². The number of nitrogens with one attached hydrogen (secondary N) is 1. The Hall–Kier alpha value is -3.14. The number of nitriles is 1. The minimum atomic E-state index is 0.0419. The van der Waals surface area contributed by atoms with E-state index in [-0.39, 0.29) is 5.41 Å². The molecule has 0 atom stereocenters. The highest BCUT2D eigenvalue weighted by molar-refractivity contribution is 6.31. The Morgan fingerprint density at radius 1 is 1.19 bits per heavy atom. The van der Waals surface area contributed by atoms with E-state index < -0.39 is 0 Å². The Labute approximate surface area is 193 Å². The van der Waals surface area contributed by atoms with E-state index in [1.54, 1.807) is 31.5 Å². The van der Waals surface area contributed by atoms with Crippen molar-refractivity contribution >= 4 is 23.2 Å². The van der Waals surface area contributed by atoms with Crippen molar-refractivity contribution in [3.05, 3.63) is 64.3 Å². The highest BCUT2D eigenvalue weighted by atomic mass is 35.5. The first-order valence-corrected chi connectivity index (χ1v) is 10.9. The Morgan fingerprint density at radius 3 is 2.81 bits per heavy atom. The maximum absolute atomic E-state index is 9.71. The van der Waals surface area contributed by atoms with Gasteiger partial charge >= 0.3 is 0 Å². The summed E-state index contributed by atoms with van der Waals surface area (Å²) in [7, 11) is 1.63. The number of hydrogen-bond acceptors (Lipinski definition) is 6. The number of nitrogens with zero attached hydrogens (tertiary/aromatic N) is 3. The lowest BCUT2D eigenvalue weighted by atomic mass is 9.84. The van der Waals surface area contributed by atoms with E-state index in [4.69, 9.17) is 26.1 Å². The number of rotatable bonds is 7. The molecule has 0 radical (unpaired) electrons. The van der Waals surface area contributed by atoms with Crippen molar-refractivity contribution in [1.82, 2.24) is 9.97 Å². The van der Waals surface area contributed by atoms with Gasteiger partial charge in [-0.3, -0.25) is 0 Å². The van der Waals surface area contributed by atoms with E-state index in [1.807, 2.05) is 12.1 Å². The van der Waals surface area contributed by atoms with Crippen LogP contribution in [0.1, 0.15) is 37.0 Å². The Balaban J connectivity index is 1.67. The lowest BCUT2D eigenvalue weighted by molar-refractivity contribution is 0.146. The van der Waals surface area contributed by atoms with Gasteiger partial charge in [-0.05, 0) is 65.8 Å². The molecule has 3 aromatic rings. The van der Waals surface area contributed by atoms with Crippen LogP contribution in [-0.4, -0.2) is 30.3 Å². The van der Waals surface area contributed by atoms with Crippen LogP contribution in [0, 0.1) is 11.3 Å². The van der Waals surface area contributed by atoms with Crippen LogP contribution in [0.5, 0.6) is 5.75 Å². The molecule has 0 unspecified atom stereocenters. The number of hydrogen-bond donors (Lipinski definition) is 1. The maximum atomic E-state index is 9.71. The van der Waals surface area contributed by atoms with Gasteiger partial charge in [0, 0.05) is 23.9 Å². The summed E-state index contributed by atoms with van der Waals surface area (Å²) in [5, 5.41) is 13.5. The summed E-state index contributed by atoms with van der Waals surface area (Å²) >= 11 is 6.19. The third-order valence-corrected chi connectivity index (χ3v) is 6.02. The van der Waals surface area contributed by atoms with Crippen molar-refractivity contribution in [3.63, 3.8) is 0 Å². The molecule has 32 heavy (non-hydrogen) atoms. The molecule has 1 heterocycles. The van der Waals surface area contributed by atoms with Gasteiger partial charge < -0.3 is 14.8 Å². The van der Waals surface area contributed by atoms with E-state index in [0.717, 1.165) is 35.2 Å². The van der Waals surface area contributed by atoms with Crippen LogP contribution in [0.3, 0.4) is 0 Å². The van der Waals surface area contributed by atoms with Gasteiger partial charge in [0.05, 0.1) is 29.6 Å². The summed E-state index contributed by atoms with van der Waals surface area (Å²) in [6.07, 6.45) is 3.67. The van der Waals surface area contributed by atoms with Crippen molar-refractivity contribution in [2.45, 2.75) is 32.1 Å². The summed E-state index contributed by atoms with van der Waals surface area (Å²) < 4.78 is 10.8. The van der Waals surface area contributed by atoms with Crippen LogP contribution in [0.4, 0.5) is 11.6 Å². The largest absolute Gasteiger partial charge is 0.489 e. The van der Waals surface area contributed by atoms with Crippen molar-refractivity contribution in [2.75, 3.05) is 25.6 Å². The quantitative estimate of drug-likeness (QED) is 0.469. The molecule has 0 spiro atoms. The van der Waals surface area contributed by atoms with Crippen molar-refractivity contribution < 1.29 is 9.47 Å². The zero-order valence-corrected chi connectivity index (χ0v) is 19.2. The number of benzene rings is 2. The smallest absolute Gasteiger partial charge is 0.227 e. The summed E-state index contributed by atoms with van der Waals surface area (Å²) in [6.45, 7) is 5.33. The monoisotopic (exact) mass is 448 g/mol. The van der Waals surface area contributed by atoms with E-state index in [9.17, 15) is 5.26 Å². The molecule has 0 saturated carbocycles. The fraction of sp³-hybridized carbons (Fsp3) is 0.320. The van der Waals surface area contributed by atoms with Gasteiger partial charge in [-0.25, -0.2) is 9.97 Å². The summed E-state index contributed by atoms with van der Waals surface area (Å²) in [4.78, 5) is 9.06. The minimum Gasteiger partial charge on any atom is -0.489 e. The molecule has 0 aliphatic heterocycles. The van der Waals surface area contributed by atoms with Gasteiger partial charge in [0.2, 0.25) is 5.95 Å². The average molecular weight is 449 g/mol. The molecule has 164 valence electrons. The first kappa shape index (κ1) is 22.1. The molecule has 4 rings (SSSR count). The summed E-state index contributed by atoms with van der Waals surface area (Å²) in [5.41, 5.74) is 5.46. The predicted molar refractivity (Wildman–Crippen MR) is 126 cm³/mol. The Morgan fingerprint density at radius 2 is 2.03 bits per heavy atom. The molecule has 0 bridgehead atoms. The normalized spacial score (nSPS) is 14.0. The number of ether oxygens (including phenoxy) is 2. The molecule has 0 saturated heterocycles. The topological polar surface area (TPSA) is 80.1 Å². The predicted octanol–water partition coefficient (Wildman–Crippen LogP) is 5.66. The second kappa shape index (κ2) is 9.15. The van der Waals surface area contributed by atoms with E-state index >= 15 is 0 Å². The van der Waals surface area contributed by atoms with Gasteiger partial charge in [-0.1, -0.05) is 25.4 Å². The van der Waals surface area contributed by atoms with Crippen LogP contribution in [0.25, 0.3) is 11.3 Å².